The van der Waals surface area contributed by atoms with Gasteiger partial charge in [-0.05, 0) is 57.5 Å². The number of aromatic nitrogens is 5. The van der Waals surface area contributed by atoms with Crippen LogP contribution in [-0.4, -0.2) is 44.5 Å². The molecule has 2 aromatic heterocycles. The first kappa shape index (κ1) is 19.1. The second kappa shape index (κ2) is 8.04. The van der Waals surface area contributed by atoms with E-state index in [1.807, 2.05) is 47.0 Å². The van der Waals surface area contributed by atoms with Gasteiger partial charge in [-0.2, -0.15) is 0 Å². The van der Waals surface area contributed by atoms with E-state index in [9.17, 15) is 4.79 Å². The number of methoxy groups -OCH3 is 1. The van der Waals surface area contributed by atoms with Gasteiger partial charge in [-0.1, -0.05) is 18.2 Å². The SMILES string of the molecule is CCOC(=O)c1c(Cn2cnnn2)n(-c2ccccc2)c2cc(Br)c(OC)cc12. The molecule has 0 aliphatic rings. The van der Waals surface area contributed by atoms with Crippen LogP contribution in [0.5, 0.6) is 5.75 Å². The lowest BCUT2D eigenvalue weighted by Crippen LogP contribution is -2.13. The quantitative estimate of drug-likeness (QED) is 0.412. The largest absolute Gasteiger partial charge is 0.496 e. The van der Waals surface area contributed by atoms with Crippen molar-refractivity contribution in [3.8, 4) is 11.4 Å². The van der Waals surface area contributed by atoms with E-state index in [1.165, 1.54) is 6.33 Å². The topological polar surface area (TPSA) is 84.1 Å². The fourth-order valence-electron chi connectivity index (χ4n) is 3.36. The van der Waals surface area contributed by atoms with E-state index in [0.717, 1.165) is 26.8 Å². The number of ether oxygens (including phenoxy) is 2. The Labute approximate surface area is 175 Å². The first-order valence-corrected chi connectivity index (χ1v) is 9.77. The van der Waals surface area contributed by atoms with Crippen molar-refractivity contribution in [3.05, 3.63) is 64.5 Å². The molecule has 148 valence electrons. The highest BCUT2D eigenvalue weighted by atomic mass is 79.9. The standard InChI is InChI=1S/C20H18BrN5O3/c1-3-29-20(27)19-14-9-18(28-2)15(21)10-16(14)26(13-7-5-4-6-8-13)17(19)11-25-12-22-23-24-25/h4-10,12H,3,11H2,1-2H3. The third-order valence-electron chi connectivity index (χ3n) is 4.54. The van der Waals surface area contributed by atoms with Crippen molar-refractivity contribution >= 4 is 32.8 Å². The summed E-state index contributed by atoms with van der Waals surface area (Å²) in [6.07, 6.45) is 1.51. The summed E-state index contributed by atoms with van der Waals surface area (Å²) in [4.78, 5) is 13.0. The molecule has 0 fully saturated rings. The molecular formula is C20H18BrN5O3. The van der Waals surface area contributed by atoms with Crippen molar-refractivity contribution < 1.29 is 14.3 Å². The summed E-state index contributed by atoms with van der Waals surface area (Å²) < 4.78 is 15.2. The number of tetrazole rings is 1. The number of nitrogens with zero attached hydrogens (tertiary/aromatic N) is 5. The highest BCUT2D eigenvalue weighted by molar-refractivity contribution is 9.10. The normalized spacial score (nSPS) is 11.0. The van der Waals surface area contributed by atoms with Crippen LogP contribution < -0.4 is 4.74 Å². The summed E-state index contributed by atoms with van der Waals surface area (Å²) in [5, 5.41) is 12.1. The molecule has 0 atom stereocenters. The van der Waals surface area contributed by atoms with E-state index < -0.39 is 5.97 Å². The Hall–Kier alpha value is -3.20. The number of esters is 1. The Morgan fingerprint density at radius 2 is 2.00 bits per heavy atom. The smallest absolute Gasteiger partial charge is 0.340 e. The maximum absolute atomic E-state index is 13.0. The van der Waals surface area contributed by atoms with Crippen LogP contribution in [0.2, 0.25) is 0 Å². The van der Waals surface area contributed by atoms with Crippen molar-refractivity contribution in [1.82, 2.24) is 24.8 Å². The highest BCUT2D eigenvalue weighted by Crippen LogP contribution is 2.37. The van der Waals surface area contributed by atoms with Gasteiger partial charge < -0.3 is 14.0 Å². The number of para-hydroxylation sites is 1. The summed E-state index contributed by atoms with van der Waals surface area (Å²) in [6.45, 7) is 2.35. The van der Waals surface area contributed by atoms with Crippen LogP contribution in [0.4, 0.5) is 0 Å². The Kier molecular flexibility index (Phi) is 5.30. The van der Waals surface area contributed by atoms with Gasteiger partial charge in [0, 0.05) is 11.1 Å². The molecule has 0 bridgehead atoms. The molecule has 4 aromatic rings. The third kappa shape index (κ3) is 3.49. The van der Waals surface area contributed by atoms with Gasteiger partial charge in [0.25, 0.3) is 0 Å². The molecule has 0 spiro atoms. The van der Waals surface area contributed by atoms with Crippen LogP contribution in [0.15, 0.2) is 53.3 Å². The molecule has 0 aliphatic heterocycles. The minimum absolute atomic E-state index is 0.273. The number of hydrogen-bond acceptors (Lipinski definition) is 6. The first-order chi connectivity index (χ1) is 14.1. The Bertz CT molecular complexity index is 1160. The van der Waals surface area contributed by atoms with Crippen molar-refractivity contribution in [3.63, 3.8) is 0 Å². The molecule has 0 amide bonds. The molecule has 29 heavy (non-hydrogen) atoms. The number of carbonyl (C=O) groups excluding carboxylic acids is 1. The van der Waals surface area contributed by atoms with Crippen LogP contribution in [-0.2, 0) is 11.3 Å². The number of halogens is 1. The van der Waals surface area contributed by atoms with Crippen molar-refractivity contribution in [2.24, 2.45) is 0 Å². The molecule has 0 radical (unpaired) electrons. The maximum atomic E-state index is 13.0. The number of rotatable bonds is 6. The lowest BCUT2D eigenvalue weighted by molar-refractivity contribution is 0.0527. The van der Waals surface area contributed by atoms with E-state index in [0.29, 0.717) is 17.9 Å². The Morgan fingerprint density at radius 1 is 1.21 bits per heavy atom. The number of carbonyl (C=O) groups is 1. The average molecular weight is 456 g/mol. The van der Waals surface area contributed by atoms with Gasteiger partial charge >= 0.3 is 5.97 Å². The summed E-state index contributed by atoms with van der Waals surface area (Å²) >= 11 is 3.55. The highest BCUT2D eigenvalue weighted by Gasteiger charge is 2.26. The molecule has 0 unspecified atom stereocenters. The second-order valence-electron chi connectivity index (χ2n) is 6.22. The van der Waals surface area contributed by atoms with Crippen LogP contribution >= 0.6 is 15.9 Å². The zero-order valence-corrected chi connectivity index (χ0v) is 17.5. The Balaban J connectivity index is 2.08. The number of hydrogen-bond donors (Lipinski definition) is 0. The monoisotopic (exact) mass is 455 g/mol. The zero-order valence-electron chi connectivity index (χ0n) is 15.9. The van der Waals surface area contributed by atoms with E-state index in [-0.39, 0.29) is 6.61 Å². The fraction of sp³-hybridized carbons (Fsp3) is 0.200. The molecule has 0 saturated heterocycles. The zero-order chi connectivity index (χ0) is 20.4. The van der Waals surface area contributed by atoms with E-state index >= 15 is 0 Å². The van der Waals surface area contributed by atoms with Crippen LogP contribution in [0.3, 0.4) is 0 Å². The van der Waals surface area contributed by atoms with Gasteiger partial charge in [-0.15, -0.1) is 5.10 Å². The molecule has 8 nitrogen and oxygen atoms in total. The summed E-state index contributed by atoms with van der Waals surface area (Å²) in [5.41, 5.74) is 2.94. The summed E-state index contributed by atoms with van der Waals surface area (Å²) in [5.74, 6) is 0.224. The van der Waals surface area contributed by atoms with Gasteiger partial charge in [0.2, 0.25) is 0 Å². The van der Waals surface area contributed by atoms with Gasteiger partial charge in [-0.3, -0.25) is 0 Å². The van der Waals surface area contributed by atoms with Crippen LogP contribution in [0.25, 0.3) is 16.6 Å². The van der Waals surface area contributed by atoms with Gasteiger partial charge in [0.15, 0.2) is 0 Å². The van der Waals surface area contributed by atoms with Crippen molar-refractivity contribution in [2.45, 2.75) is 13.5 Å². The van der Waals surface area contributed by atoms with Crippen LogP contribution in [0, 0.1) is 0 Å². The number of benzene rings is 2. The molecule has 9 heteroatoms. The first-order valence-electron chi connectivity index (χ1n) is 8.98. The lowest BCUT2D eigenvalue weighted by Gasteiger charge is -2.12. The summed E-state index contributed by atoms with van der Waals surface area (Å²) in [6, 6.07) is 13.6. The van der Waals surface area contributed by atoms with Crippen molar-refractivity contribution in [1.29, 1.82) is 0 Å². The third-order valence-corrected chi connectivity index (χ3v) is 5.16. The summed E-state index contributed by atoms with van der Waals surface area (Å²) in [7, 11) is 1.59. The molecule has 2 aromatic carbocycles. The minimum Gasteiger partial charge on any atom is -0.496 e. The fourth-order valence-corrected chi connectivity index (χ4v) is 3.85. The van der Waals surface area contributed by atoms with Gasteiger partial charge in [-0.25, -0.2) is 9.48 Å². The van der Waals surface area contributed by atoms with E-state index in [4.69, 9.17) is 9.47 Å². The maximum Gasteiger partial charge on any atom is 0.340 e. The molecule has 0 N–H and O–H groups in total. The molecule has 0 saturated carbocycles. The molecular weight excluding hydrogens is 438 g/mol. The molecule has 0 aliphatic carbocycles. The Morgan fingerprint density at radius 3 is 2.66 bits per heavy atom. The van der Waals surface area contributed by atoms with Crippen molar-refractivity contribution in [2.75, 3.05) is 13.7 Å². The lowest BCUT2D eigenvalue weighted by atomic mass is 10.1. The van der Waals surface area contributed by atoms with E-state index in [2.05, 4.69) is 31.5 Å². The van der Waals surface area contributed by atoms with E-state index in [1.54, 1.807) is 18.7 Å². The average Bonchev–Trinajstić information content (AvgIpc) is 3.34. The van der Waals surface area contributed by atoms with Crippen LogP contribution in [0.1, 0.15) is 23.0 Å². The molecule has 4 rings (SSSR count). The predicted octanol–water partition coefficient (Wildman–Crippen LogP) is 3.61. The predicted molar refractivity (Wildman–Crippen MR) is 110 cm³/mol. The molecule has 2 heterocycles. The second-order valence-corrected chi connectivity index (χ2v) is 7.08. The van der Waals surface area contributed by atoms with Gasteiger partial charge in [0.1, 0.15) is 12.1 Å². The van der Waals surface area contributed by atoms with Gasteiger partial charge in [0.05, 0.1) is 41.5 Å². The number of fused-ring (bicyclic) bond motifs is 1. The minimum atomic E-state index is -0.403.